The van der Waals surface area contributed by atoms with Crippen LogP contribution in [0.4, 0.5) is 5.69 Å². The van der Waals surface area contributed by atoms with Crippen LogP contribution >= 0.6 is 0 Å². The first-order valence-corrected chi connectivity index (χ1v) is 5.96. The van der Waals surface area contributed by atoms with Gasteiger partial charge in [-0.25, -0.2) is 4.79 Å². The molecule has 1 N–H and O–H groups in total. The number of nitrogens with zero attached hydrogens (tertiary/aromatic N) is 2. The van der Waals surface area contributed by atoms with E-state index < -0.39 is 5.41 Å². The van der Waals surface area contributed by atoms with Crippen molar-refractivity contribution >= 4 is 16.8 Å². The van der Waals surface area contributed by atoms with Gasteiger partial charge >= 0.3 is 5.76 Å². The molecule has 2 heterocycles. The Kier molecular flexibility index (Phi) is 2.57. The fourth-order valence-electron chi connectivity index (χ4n) is 2.06. The number of aryl methyl sites for hydroxylation is 1. The Morgan fingerprint density at radius 2 is 2.32 bits per heavy atom. The molecular formula is C13H13N3O3. The molecule has 19 heavy (non-hydrogen) atoms. The topological polar surface area (TPSA) is 80.2 Å². The normalized spacial score (nSPS) is 16.8. The number of rotatable bonds is 3. The van der Waals surface area contributed by atoms with Crippen LogP contribution in [0.5, 0.6) is 0 Å². The Hall–Kier alpha value is -2.26. The lowest BCUT2D eigenvalue weighted by molar-refractivity contribution is -0.0690. The molecule has 0 radical (unpaired) electrons. The van der Waals surface area contributed by atoms with Crippen molar-refractivity contribution in [3.05, 3.63) is 28.7 Å². The Labute approximate surface area is 109 Å². The summed E-state index contributed by atoms with van der Waals surface area (Å²) in [4.78, 5) is 11.4. The van der Waals surface area contributed by atoms with E-state index in [1.165, 1.54) is 4.57 Å². The number of hydrogen-bond acceptors (Lipinski definition) is 5. The van der Waals surface area contributed by atoms with Crippen molar-refractivity contribution in [2.75, 3.05) is 25.1 Å². The number of aromatic nitrogens is 1. The van der Waals surface area contributed by atoms with E-state index in [4.69, 9.17) is 14.4 Å². The molecule has 0 aliphatic carbocycles. The van der Waals surface area contributed by atoms with Gasteiger partial charge in [0.1, 0.15) is 5.41 Å². The number of hydrogen-bond donors (Lipinski definition) is 1. The highest BCUT2D eigenvalue weighted by Crippen LogP contribution is 2.27. The molecule has 0 bridgehead atoms. The zero-order valence-electron chi connectivity index (χ0n) is 10.5. The summed E-state index contributed by atoms with van der Waals surface area (Å²) in [5, 5.41) is 12.3. The molecule has 1 aromatic heterocycles. The molecule has 1 aliphatic heterocycles. The van der Waals surface area contributed by atoms with Crippen LogP contribution < -0.4 is 11.1 Å². The van der Waals surface area contributed by atoms with E-state index in [-0.39, 0.29) is 5.76 Å². The second kappa shape index (κ2) is 4.14. The third-order valence-corrected chi connectivity index (χ3v) is 3.42. The van der Waals surface area contributed by atoms with E-state index in [9.17, 15) is 4.79 Å². The average molecular weight is 259 g/mol. The van der Waals surface area contributed by atoms with Crippen LogP contribution in [-0.4, -0.2) is 24.3 Å². The van der Waals surface area contributed by atoms with Gasteiger partial charge in [-0.3, -0.25) is 4.57 Å². The maximum absolute atomic E-state index is 11.4. The van der Waals surface area contributed by atoms with Crippen molar-refractivity contribution in [3.8, 4) is 6.07 Å². The smallest absolute Gasteiger partial charge is 0.408 e. The maximum atomic E-state index is 11.4. The van der Waals surface area contributed by atoms with Crippen molar-refractivity contribution in [2.45, 2.75) is 0 Å². The molecule has 0 atom stereocenters. The Morgan fingerprint density at radius 1 is 1.53 bits per heavy atom. The summed E-state index contributed by atoms with van der Waals surface area (Å²) >= 11 is 0. The summed E-state index contributed by atoms with van der Waals surface area (Å²) in [5.74, 6) is -0.381. The van der Waals surface area contributed by atoms with E-state index in [0.29, 0.717) is 25.3 Å². The second-order valence-corrected chi connectivity index (χ2v) is 4.85. The van der Waals surface area contributed by atoms with Crippen LogP contribution in [0.25, 0.3) is 11.1 Å². The number of fused-ring (bicyclic) bond motifs is 1. The van der Waals surface area contributed by atoms with E-state index in [2.05, 4.69) is 11.4 Å². The first-order chi connectivity index (χ1) is 9.13. The third kappa shape index (κ3) is 1.88. The summed E-state index contributed by atoms with van der Waals surface area (Å²) in [6, 6.07) is 7.69. The third-order valence-electron chi connectivity index (χ3n) is 3.42. The van der Waals surface area contributed by atoms with Crippen LogP contribution in [0.15, 0.2) is 27.4 Å². The molecule has 3 rings (SSSR count). The predicted molar refractivity (Wildman–Crippen MR) is 68.8 cm³/mol. The number of nitriles is 1. The summed E-state index contributed by atoms with van der Waals surface area (Å²) in [7, 11) is 1.66. The minimum absolute atomic E-state index is 0.381. The molecule has 1 fully saturated rings. The first-order valence-electron chi connectivity index (χ1n) is 5.96. The van der Waals surface area contributed by atoms with Gasteiger partial charge in [-0.2, -0.15) is 5.26 Å². The zero-order chi connectivity index (χ0) is 13.5. The number of oxazole rings is 1. The minimum atomic E-state index is -0.433. The van der Waals surface area contributed by atoms with E-state index in [0.717, 1.165) is 11.2 Å². The fraction of sp³-hybridized carbons (Fsp3) is 0.385. The molecule has 98 valence electrons. The average Bonchev–Trinajstić information content (AvgIpc) is 2.65. The monoisotopic (exact) mass is 259 g/mol. The van der Waals surface area contributed by atoms with Crippen LogP contribution in [-0.2, 0) is 11.8 Å². The first kappa shape index (κ1) is 11.8. The Morgan fingerprint density at radius 3 is 2.95 bits per heavy atom. The van der Waals surface area contributed by atoms with Gasteiger partial charge < -0.3 is 14.5 Å². The Bertz CT molecular complexity index is 719. The minimum Gasteiger partial charge on any atom is -0.408 e. The van der Waals surface area contributed by atoms with E-state index in [1.807, 2.05) is 12.1 Å². The van der Waals surface area contributed by atoms with Crippen LogP contribution in [0, 0.1) is 16.7 Å². The maximum Gasteiger partial charge on any atom is 0.419 e. The molecule has 1 aromatic carbocycles. The number of ether oxygens (including phenoxy) is 1. The molecule has 6 heteroatoms. The second-order valence-electron chi connectivity index (χ2n) is 4.85. The summed E-state index contributed by atoms with van der Waals surface area (Å²) in [6.07, 6.45) is 0. The highest BCUT2D eigenvalue weighted by atomic mass is 16.5. The quantitative estimate of drug-likeness (QED) is 0.892. The number of nitrogens with one attached hydrogen (secondary N) is 1. The highest BCUT2D eigenvalue weighted by Gasteiger charge is 2.38. The lowest BCUT2D eigenvalue weighted by Gasteiger charge is -2.35. The SMILES string of the molecule is Cn1c(=O)oc2ccc(NCC3(C#N)COC3)cc21. The number of anilines is 1. The lowest BCUT2D eigenvalue weighted by Crippen LogP contribution is -2.46. The molecular weight excluding hydrogens is 246 g/mol. The predicted octanol–water partition coefficient (Wildman–Crippen LogP) is 1.08. The van der Waals surface area contributed by atoms with Crippen molar-refractivity contribution in [2.24, 2.45) is 12.5 Å². The van der Waals surface area contributed by atoms with Gasteiger partial charge in [0.15, 0.2) is 5.58 Å². The molecule has 1 aliphatic rings. The van der Waals surface area contributed by atoms with Gasteiger partial charge in [0, 0.05) is 19.3 Å². The van der Waals surface area contributed by atoms with E-state index in [1.54, 1.807) is 13.1 Å². The standard InChI is InChI=1S/C13H13N3O3/c1-16-10-4-9(2-3-11(10)19-12(16)17)15-6-13(5-14)7-18-8-13/h2-4,15H,6-8H2,1H3. The van der Waals surface area contributed by atoms with Crippen molar-refractivity contribution in [1.29, 1.82) is 5.26 Å². The van der Waals surface area contributed by atoms with Gasteiger partial charge in [-0.1, -0.05) is 0 Å². The van der Waals surface area contributed by atoms with Crippen LogP contribution in [0.2, 0.25) is 0 Å². The molecule has 6 nitrogen and oxygen atoms in total. The van der Waals surface area contributed by atoms with E-state index >= 15 is 0 Å². The van der Waals surface area contributed by atoms with Crippen LogP contribution in [0.3, 0.4) is 0 Å². The van der Waals surface area contributed by atoms with Crippen molar-refractivity contribution < 1.29 is 9.15 Å². The fourth-order valence-corrected chi connectivity index (χ4v) is 2.06. The van der Waals surface area contributed by atoms with Gasteiger partial charge in [0.05, 0.1) is 24.8 Å². The van der Waals surface area contributed by atoms with Gasteiger partial charge in [-0.15, -0.1) is 0 Å². The zero-order valence-corrected chi connectivity index (χ0v) is 10.5. The molecule has 1 saturated heterocycles. The van der Waals surface area contributed by atoms with Crippen molar-refractivity contribution in [1.82, 2.24) is 4.57 Å². The highest BCUT2D eigenvalue weighted by molar-refractivity contribution is 5.77. The summed E-state index contributed by atoms with van der Waals surface area (Å²) in [6.45, 7) is 1.45. The Balaban J connectivity index is 1.84. The lowest BCUT2D eigenvalue weighted by atomic mass is 9.88. The molecule has 0 unspecified atom stereocenters. The van der Waals surface area contributed by atoms with Crippen LogP contribution in [0.1, 0.15) is 0 Å². The number of benzene rings is 1. The largest absolute Gasteiger partial charge is 0.419 e. The van der Waals surface area contributed by atoms with Gasteiger partial charge in [0.25, 0.3) is 0 Å². The summed E-state index contributed by atoms with van der Waals surface area (Å²) < 4.78 is 11.6. The molecule has 0 saturated carbocycles. The van der Waals surface area contributed by atoms with Gasteiger partial charge in [-0.05, 0) is 18.2 Å². The molecule has 0 spiro atoms. The molecule has 2 aromatic rings. The molecule has 0 amide bonds. The summed E-state index contributed by atoms with van der Waals surface area (Å²) in [5.41, 5.74) is 1.70. The van der Waals surface area contributed by atoms with Crippen molar-refractivity contribution in [3.63, 3.8) is 0 Å². The van der Waals surface area contributed by atoms with Gasteiger partial charge in [0.2, 0.25) is 0 Å².